The lowest BCUT2D eigenvalue weighted by atomic mass is 9.86. The van der Waals surface area contributed by atoms with Gasteiger partial charge < -0.3 is 10.2 Å². The molecule has 2 aromatic carbocycles. The Morgan fingerprint density at radius 2 is 1.63 bits per heavy atom. The van der Waals surface area contributed by atoms with Crippen LogP contribution in [0.5, 0.6) is 0 Å². The van der Waals surface area contributed by atoms with E-state index in [1.54, 1.807) is 6.92 Å². The van der Waals surface area contributed by atoms with E-state index in [1.807, 2.05) is 41.3 Å². The van der Waals surface area contributed by atoms with E-state index in [0.29, 0.717) is 18.7 Å². The van der Waals surface area contributed by atoms with Gasteiger partial charge in [0.1, 0.15) is 6.04 Å². The van der Waals surface area contributed by atoms with Crippen LogP contribution in [0.4, 0.5) is 0 Å². The molecule has 0 aromatic heterocycles. The summed E-state index contributed by atoms with van der Waals surface area (Å²) in [5, 5.41) is 2.85. The van der Waals surface area contributed by atoms with Gasteiger partial charge in [0.25, 0.3) is 5.91 Å². The van der Waals surface area contributed by atoms with Gasteiger partial charge in [-0.2, -0.15) is 0 Å². The number of nitrogens with zero attached hydrogens (tertiary/aromatic N) is 1. The monoisotopic (exact) mass is 364 g/mol. The summed E-state index contributed by atoms with van der Waals surface area (Å²) >= 11 is 0. The highest BCUT2D eigenvalue weighted by Gasteiger charge is 2.26. The van der Waals surface area contributed by atoms with Gasteiger partial charge in [-0.15, -0.1) is 0 Å². The lowest BCUT2D eigenvalue weighted by molar-refractivity contribution is -0.133. The molecule has 1 aliphatic heterocycles. The minimum atomic E-state index is -0.551. The van der Waals surface area contributed by atoms with Gasteiger partial charge in [0.2, 0.25) is 5.91 Å². The molecule has 0 saturated heterocycles. The van der Waals surface area contributed by atoms with Crippen LogP contribution in [0, 0.1) is 0 Å². The van der Waals surface area contributed by atoms with Crippen LogP contribution in [0.25, 0.3) is 0 Å². The van der Waals surface area contributed by atoms with Gasteiger partial charge in [-0.05, 0) is 47.6 Å². The van der Waals surface area contributed by atoms with Gasteiger partial charge in [-0.1, -0.05) is 57.2 Å². The Kier molecular flexibility index (Phi) is 5.36. The maximum absolute atomic E-state index is 12.8. The number of carbonyl (C=O) groups excluding carboxylic acids is 2. The van der Waals surface area contributed by atoms with E-state index in [0.717, 1.165) is 6.42 Å². The van der Waals surface area contributed by atoms with Crippen molar-refractivity contribution < 1.29 is 9.59 Å². The Bertz CT molecular complexity index is 834. The number of carbonyl (C=O) groups is 2. The lowest BCUT2D eigenvalue weighted by Gasteiger charge is -2.31. The largest absolute Gasteiger partial charge is 0.341 e. The van der Waals surface area contributed by atoms with Crippen LogP contribution < -0.4 is 5.32 Å². The molecule has 142 valence electrons. The predicted octanol–water partition coefficient (Wildman–Crippen LogP) is 3.69. The molecule has 0 aliphatic carbocycles. The van der Waals surface area contributed by atoms with Crippen molar-refractivity contribution in [3.05, 3.63) is 70.8 Å². The average Bonchev–Trinajstić information content (AvgIpc) is 2.66. The molecule has 2 aromatic rings. The second-order valence-corrected chi connectivity index (χ2v) is 8.30. The molecule has 1 aliphatic rings. The molecule has 0 radical (unpaired) electrons. The van der Waals surface area contributed by atoms with Crippen molar-refractivity contribution in [1.82, 2.24) is 10.2 Å². The zero-order chi connectivity index (χ0) is 19.6. The second-order valence-electron chi connectivity index (χ2n) is 8.30. The number of nitrogens with one attached hydrogen (secondary N) is 1. The highest BCUT2D eigenvalue weighted by atomic mass is 16.2. The fourth-order valence-corrected chi connectivity index (χ4v) is 3.42. The van der Waals surface area contributed by atoms with Crippen molar-refractivity contribution in [3.8, 4) is 0 Å². The van der Waals surface area contributed by atoms with Gasteiger partial charge in [0.05, 0.1) is 0 Å². The van der Waals surface area contributed by atoms with Crippen molar-refractivity contribution in [2.45, 2.75) is 52.1 Å². The minimum absolute atomic E-state index is 0.0378. The summed E-state index contributed by atoms with van der Waals surface area (Å²) in [4.78, 5) is 27.1. The number of hydrogen-bond donors (Lipinski definition) is 1. The number of hydrogen-bond acceptors (Lipinski definition) is 2. The Labute approximate surface area is 161 Å². The normalized spacial score (nSPS) is 15.0. The highest BCUT2D eigenvalue weighted by Crippen LogP contribution is 2.22. The summed E-state index contributed by atoms with van der Waals surface area (Å²) in [6.07, 6.45) is 0.858. The summed E-state index contributed by atoms with van der Waals surface area (Å²) in [5.74, 6) is -0.252. The maximum Gasteiger partial charge on any atom is 0.251 e. The van der Waals surface area contributed by atoms with E-state index in [-0.39, 0.29) is 17.2 Å². The summed E-state index contributed by atoms with van der Waals surface area (Å²) in [6.45, 7) is 9.47. The van der Waals surface area contributed by atoms with E-state index in [1.165, 1.54) is 16.7 Å². The molecule has 4 heteroatoms. The van der Waals surface area contributed by atoms with E-state index < -0.39 is 6.04 Å². The first-order valence-electron chi connectivity index (χ1n) is 9.52. The molecular formula is C23H28N2O2. The molecule has 2 amide bonds. The van der Waals surface area contributed by atoms with Gasteiger partial charge in [0.15, 0.2) is 0 Å². The van der Waals surface area contributed by atoms with E-state index in [4.69, 9.17) is 0 Å². The Balaban J connectivity index is 1.62. The van der Waals surface area contributed by atoms with Crippen LogP contribution in [0.3, 0.4) is 0 Å². The third-order valence-electron chi connectivity index (χ3n) is 5.17. The second kappa shape index (κ2) is 7.55. The Morgan fingerprint density at radius 1 is 1.00 bits per heavy atom. The zero-order valence-corrected chi connectivity index (χ0v) is 16.6. The zero-order valence-electron chi connectivity index (χ0n) is 16.6. The molecule has 3 rings (SSSR count). The fraction of sp³-hybridized carbons (Fsp3) is 0.391. The van der Waals surface area contributed by atoms with Gasteiger partial charge in [0, 0.05) is 18.7 Å². The van der Waals surface area contributed by atoms with Crippen LogP contribution in [-0.4, -0.2) is 29.3 Å². The first kappa shape index (κ1) is 19.2. The van der Waals surface area contributed by atoms with Crippen LogP contribution in [0.1, 0.15) is 54.7 Å². The summed E-state index contributed by atoms with van der Waals surface area (Å²) in [7, 11) is 0. The van der Waals surface area contributed by atoms with Crippen molar-refractivity contribution in [1.29, 1.82) is 0 Å². The molecule has 0 spiro atoms. The van der Waals surface area contributed by atoms with E-state index >= 15 is 0 Å². The van der Waals surface area contributed by atoms with Crippen LogP contribution >= 0.6 is 0 Å². The number of benzene rings is 2. The molecule has 1 atom stereocenters. The highest BCUT2D eigenvalue weighted by molar-refractivity contribution is 5.97. The minimum Gasteiger partial charge on any atom is -0.341 e. The molecular weight excluding hydrogens is 336 g/mol. The molecule has 0 bridgehead atoms. The van der Waals surface area contributed by atoms with Crippen LogP contribution in [0.2, 0.25) is 0 Å². The van der Waals surface area contributed by atoms with Crippen molar-refractivity contribution >= 4 is 11.8 Å². The van der Waals surface area contributed by atoms with Crippen LogP contribution in [0.15, 0.2) is 48.5 Å². The first-order chi connectivity index (χ1) is 12.8. The summed E-state index contributed by atoms with van der Waals surface area (Å²) in [5.41, 5.74) is 4.29. The fourth-order valence-electron chi connectivity index (χ4n) is 3.42. The number of rotatable bonds is 3. The topological polar surface area (TPSA) is 49.4 Å². The van der Waals surface area contributed by atoms with Crippen molar-refractivity contribution in [3.63, 3.8) is 0 Å². The lowest BCUT2D eigenvalue weighted by Crippen LogP contribution is -2.48. The molecule has 4 nitrogen and oxygen atoms in total. The quantitative estimate of drug-likeness (QED) is 0.903. The average molecular weight is 364 g/mol. The first-order valence-corrected chi connectivity index (χ1v) is 9.52. The molecule has 1 heterocycles. The third kappa shape index (κ3) is 4.38. The van der Waals surface area contributed by atoms with Gasteiger partial charge >= 0.3 is 0 Å². The van der Waals surface area contributed by atoms with E-state index in [2.05, 4.69) is 38.2 Å². The number of fused-ring (bicyclic) bond motifs is 1. The van der Waals surface area contributed by atoms with Crippen LogP contribution in [-0.2, 0) is 23.2 Å². The molecule has 0 saturated carbocycles. The Morgan fingerprint density at radius 3 is 2.26 bits per heavy atom. The predicted molar refractivity (Wildman–Crippen MR) is 108 cm³/mol. The third-order valence-corrected chi connectivity index (χ3v) is 5.17. The summed E-state index contributed by atoms with van der Waals surface area (Å²) in [6, 6.07) is 15.3. The Hall–Kier alpha value is -2.62. The van der Waals surface area contributed by atoms with Crippen molar-refractivity contribution in [2.24, 2.45) is 0 Å². The summed E-state index contributed by atoms with van der Waals surface area (Å²) < 4.78 is 0. The molecule has 0 fully saturated rings. The van der Waals surface area contributed by atoms with Crippen molar-refractivity contribution in [2.75, 3.05) is 6.54 Å². The molecule has 1 N–H and O–H groups in total. The van der Waals surface area contributed by atoms with Gasteiger partial charge in [-0.3, -0.25) is 9.59 Å². The standard InChI is InChI=1S/C23H28N2O2/c1-16(22(27)25-14-13-17-7-5-6-8-19(17)15-25)24-21(26)18-9-11-20(12-10-18)23(2,3)4/h5-12,16H,13-15H2,1-4H3,(H,24,26)/t16-/m0/s1. The SMILES string of the molecule is C[C@H](NC(=O)c1ccc(C(C)(C)C)cc1)C(=O)N1CCc2ccccc2C1. The van der Waals surface area contributed by atoms with Gasteiger partial charge in [-0.25, -0.2) is 0 Å². The maximum atomic E-state index is 12.8. The molecule has 0 unspecified atom stereocenters. The van der Waals surface area contributed by atoms with E-state index in [9.17, 15) is 9.59 Å². The molecule has 27 heavy (non-hydrogen) atoms. The number of amides is 2. The smallest absolute Gasteiger partial charge is 0.251 e.